The van der Waals surface area contributed by atoms with Crippen LogP contribution in [0.15, 0.2) is 42.5 Å². The summed E-state index contributed by atoms with van der Waals surface area (Å²) in [6, 6.07) is 11.4. The molecule has 0 aromatic heterocycles. The Bertz CT molecular complexity index is 905. The third-order valence-electron chi connectivity index (χ3n) is 4.58. The van der Waals surface area contributed by atoms with Crippen LogP contribution in [0.3, 0.4) is 0 Å². The zero-order valence-electron chi connectivity index (χ0n) is 18.2. The highest BCUT2D eigenvalue weighted by Crippen LogP contribution is 2.27. The Morgan fingerprint density at radius 3 is 2.48 bits per heavy atom. The van der Waals surface area contributed by atoms with E-state index >= 15 is 0 Å². The minimum Gasteiger partial charge on any atom is -0.497 e. The van der Waals surface area contributed by atoms with Crippen LogP contribution in [0.4, 0.5) is 0 Å². The van der Waals surface area contributed by atoms with Crippen molar-refractivity contribution < 1.29 is 19.1 Å². The summed E-state index contributed by atoms with van der Waals surface area (Å²) in [5.41, 5.74) is 0.834. The summed E-state index contributed by atoms with van der Waals surface area (Å²) in [7, 11) is 1.58. The standard InChI is InChI=1S/C23H28Cl2N2O4/c1-15(2)12-26-23(29)16(3)27(13-17-6-5-7-19(10-17)30-4)22(28)14-31-21-9-8-18(24)11-20(21)25/h5-11,15-16H,12-14H2,1-4H3,(H,26,29)/t16-/m0/s1. The molecule has 31 heavy (non-hydrogen) atoms. The van der Waals surface area contributed by atoms with E-state index in [1.165, 1.54) is 4.90 Å². The van der Waals surface area contributed by atoms with Crippen molar-refractivity contribution in [2.75, 3.05) is 20.3 Å². The van der Waals surface area contributed by atoms with E-state index in [4.69, 9.17) is 32.7 Å². The minimum atomic E-state index is -0.693. The number of carbonyl (C=O) groups is 2. The summed E-state index contributed by atoms with van der Waals surface area (Å²) >= 11 is 12.0. The van der Waals surface area contributed by atoms with Gasteiger partial charge in [-0.1, -0.05) is 49.2 Å². The van der Waals surface area contributed by atoms with Gasteiger partial charge in [-0.15, -0.1) is 0 Å². The van der Waals surface area contributed by atoms with Gasteiger partial charge in [-0.2, -0.15) is 0 Å². The van der Waals surface area contributed by atoms with Gasteiger partial charge in [-0.25, -0.2) is 0 Å². The lowest BCUT2D eigenvalue weighted by Gasteiger charge is -2.29. The van der Waals surface area contributed by atoms with Crippen LogP contribution in [0, 0.1) is 5.92 Å². The molecule has 0 saturated carbocycles. The second-order valence-corrected chi connectivity index (χ2v) is 8.40. The lowest BCUT2D eigenvalue weighted by molar-refractivity contribution is -0.142. The fourth-order valence-corrected chi connectivity index (χ4v) is 3.28. The molecule has 0 fully saturated rings. The van der Waals surface area contributed by atoms with Gasteiger partial charge in [0.25, 0.3) is 5.91 Å². The van der Waals surface area contributed by atoms with E-state index in [2.05, 4.69) is 5.32 Å². The topological polar surface area (TPSA) is 67.9 Å². The average molecular weight is 467 g/mol. The Morgan fingerprint density at radius 1 is 1.10 bits per heavy atom. The highest BCUT2D eigenvalue weighted by molar-refractivity contribution is 6.35. The molecule has 2 aromatic carbocycles. The van der Waals surface area contributed by atoms with Crippen LogP contribution in [0.1, 0.15) is 26.3 Å². The Balaban J connectivity index is 2.18. The molecule has 1 atom stereocenters. The summed E-state index contributed by atoms with van der Waals surface area (Å²) in [5, 5.41) is 3.66. The second-order valence-electron chi connectivity index (χ2n) is 7.55. The van der Waals surface area contributed by atoms with E-state index in [0.29, 0.717) is 34.0 Å². The van der Waals surface area contributed by atoms with Crippen LogP contribution in [0.2, 0.25) is 10.0 Å². The molecule has 2 rings (SSSR count). The van der Waals surface area contributed by atoms with Crippen LogP contribution < -0.4 is 14.8 Å². The fraction of sp³-hybridized carbons (Fsp3) is 0.391. The molecule has 0 unspecified atom stereocenters. The van der Waals surface area contributed by atoms with Gasteiger partial charge in [0.05, 0.1) is 12.1 Å². The van der Waals surface area contributed by atoms with Crippen molar-refractivity contribution in [2.24, 2.45) is 5.92 Å². The summed E-state index contributed by atoms with van der Waals surface area (Å²) in [6.07, 6.45) is 0. The number of ether oxygens (including phenoxy) is 2. The number of rotatable bonds is 10. The predicted molar refractivity (Wildman–Crippen MR) is 123 cm³/mol. The van der Waals surface area contributed by atoms with Gasteiger partial charge < -0.3 is 19.7 Å². The molecule has 0 spiro atoms. The smallest absolute Gasteiger partial charge is 0.261 e. The Morgan fingerprint density at radius 2 is 1.84 bits per heavy atom. The maximum atomic E-state index is 13.1. The van der Waals surface area contributed by atoms with E-state index < -0.39 is 6.04 Å². The molecule has 2 aromatic rings. The van der Waals surface area contributed by atoms with Gasteiger partial charge in [-0.3, -0.25) is 9.59 Å². The van der Waals surface area contributed by atoms with E-state index in [9.17, 15) is 9.59 Å². The first-order valence-electron chi connectivity index (χ1n) is 9.99. The first-order valence-corrected chi connectivity index (χ1v) is 10.7. The summed E-state index contributed by atoms with van der Waals surface area (Å²) in [6.45, 7) is 6.20. The van der Waals surface area contributed by atoms with E-state index in [-0.39, 0.29) is 25.0 Å². The van der Waals surface area contributed by atoms with Crippen LogP contribution in [0.5, 0.6) is 11.5 Å². The number of methoxy groups -OCH3 is 1. The third kappa shape index (κ3) is 7.64. The first kappa shape index (κ1) is 24.8. The molecule has 0 bridgehead atoms. The molecule has 8 heteroatoms. The number of carbonyl (C=O) groups excluding carboxylic acids is 2. The minimum absolute atomic E-state index is 0.226. The number of benzene rings is 2. The van der Waals surface area contributed by atoms with Gasteiger partial charge in [0.15, 0.2) is 6.61 Å². The number of hydrogen-bond donors (Lipinski definition) is 1. The van der Waals surface area contributed by atoms with E-state index in [1.54, 1.807) is 32.2 Å². The molecule has 0 radical (unpaired) electrons. The zero-order valence-corrected chi connectivity index (χ0v) is 19.7. The summed E-state index contributed by atoms with van der Waals surface area (Å²) < 4.78 is 10.9. The normalized spacial score (nSPS) is 11.7. The first-order chi connectivity index (χ1) is 14.7. The number of nitrogens with one attached hydrogen (secondary N) is 1. The molecule has 0 aliphatic heterocycles. The summed E-state index contributed by atoms with van der Waals surface area (Å²) in [4.78, 5) is 27.2. The lowest BCUT2D eigenvalue weighted by atomic mass is 10.1. The van der Waals surface area contributed by atoms with E-state index in [1.807, 2.05) is 38.1 Å². The maximum absolute atomic E-state index is 13.1. The van der Waals surface area contributed by atoms with Crippen LogP contribution >= 0.6 is 23.2 Å². The van der Waals surface area contributed by atoms with Crippen molar-refractivity contribution in [3.63, 3.8) is 0 Å². The van der Waals surface area contributed by atoms with Crippen molar-refractivity contribution in [2.45, 2.75) is 33.4 Å². The van der Waals surface area contributed by atoms with E-state index in [0.717, 1.165) is 5.56 Å². The van der Waals surface area contributed by atoms with Gasteiger partial charge >= 0.3 is 0 Å². The van der Waals surface area contributed by atoms with Crippen molar-refractivity contribution in [3.05, 3.63) is 58.1 Å². The lowest BCUT2D eigenvalue weighted by Crippen LogP contribution is -2.49. The van der Waals surface area contributed by atoms with Crippen LogP contribution in [-0.2, 0) is 16.1 Å². The molecule has 0 saturated heterocycles. The van der Waals surface area contributed by atoms with Crippen molar-refractivity contribution in [3.8, 4) is 11.5 Å². The summed E-state index contributed by atoms with van der Waals surface area (Å²) in [5.74, 6) is 0.744. The maximum Gasteiger partial charge on any atom is 0.261 e. The van der Waals surface area contributed by atoms with Gasteiger partial charge in [-0.05, 0) is 48.7 Å². The van der Waals surface area contributed by atoms with Crippen molar-refractivity contribution in [1.82, 2.24) is 10.2 Å². The van der Waals surface area contributed by atoms with Crippen LogP contribution in [-0.4, -0.2) is 43.0 Å². The molecule has 1 N–H and O–H groups in total. The highest BCUT2D eigenvalue weighted by Gasteiger charge is 2.27. The number of nitrogens with zero attached hydrogens (tertiary/aromatic N) is 1. The average Bonchev–Trinajstić information content (AvgIpc) is 2.74. The number of amides is 2. The molecule has 2 amide bonds. The van der Waals surface area contributed by atoms with Crippen molar-refractivity contribution >= 4 is 35.0 Å². The van der Waals surface area contributed by atoms with Crippen molar-refractivity contribution in [1.29, 1.82) is 0 Å². The number of hydrogen-bond acceptors (Lipinski definition) is 4. The Labute approximate surface area is 193 Å². The molecule has 6 nitrogen and oxygen atoms in total. The Hall–Kier alpha value is -2.44. The quantitative estimate of drug-likeness (QED) is 0.556. The largest absolute Gasteiger partial charge is 0.497 e. The second kappa shape index (κ2) is 11.8. The highest BCUT2D eigenvalue weighted by atomic mass is 35.5. The van der Waals surface area contributed by atoms with Crippen LogP contribution in [0.25, 0.3) is 0 Å². The molecular weight excluding hydrogens is 439 g/mol. The molecule has 0 heterocycles. The monoisotopic (exact) mass is 466 g/mol. The number of halogens is 2. The molecule has 0 aliphatic rings. The van der Waals surface area contributed by atoms with Gasteiger partial charge in [0.2, 0.25) is 5.91 Å². The Kier molecular flexibility index (Phi) is 9.46. The molecule has 168 valence electrons. The third-order valence-corrected chi connectivity index (χ3v) is 5.11. The fourth-order valence-electron chi connectivity index (χ4n) is 2.82. The van der Waals surface area contributed by atoms with Gasteiger partial charge in [0, 0.05) is 18.1 Å². The van der Waals surface area contributed by atoms with Gasteiger partial charge in [0.1, 0.15) is 17.5 Å². The SMILES string of the molecule is COc1cccc(CN(C(=O)COc2ccc(Cl)cc2Cl)[C@@H](C)C(=O)NCC(C)C)c1. The zero-order chi connectivity index (χ0) is 23.0. The predicted octanol–water partition coefficient (Wildman–Crippen LogP) is 4.57. The molecule has 0 aliphatic carbocycles. The molecular formula is C23H28Cl2N2O4.